The highest BCUT2D eigenvalue weighted by molar-refractivity contribution is 7.91. The van der Waals surface area contributed by atoms with Crippen molar-refractivity contribution in [2.75, 3.05) is 7.05 Å². The van der Waals surface area contributed by atoms with E-state index in [2.05, 4.69) is 6.92 Å². The zero-order valence-electron chi connectivity index (χ0n) is 12.3. The first-order valence-corrected chi connectivity index (χ1v) is 9.43. The first-order valence-electron chi connectivity index (χ1n) is 7.17. The molecule has 0 saturated heterocycles. The van der Waals surface area contributed by atoms with Crippen molar-refractivity contribution in [2.45, 2.75) is 49.3 Å². The van der Waals surface area contributed by atoms with Gasteiger partial charge in [-0.25, -0.2) is 13.2 Å². The molecule has 0 atom stereocenters. The summed E-state index contributed by atoms with van der Waals surface area (Å²) in [4.78, 5) is 10.9. The number of aromatic carboxylic acids is 1. The summed E-state index contributed by atoms with van der Waals surface area (Å²) in [7, 11) is -1.98. The van der Waals surface area contributed by atoms with Crippen LogP contribution in [-0.4, -0.2) is 36.9 Å². The van der Waals surface area contributed by atoms with Crippen LogP contribution in [0.2, 0.25) is 0 Å². The summed E-state index contributed by atoms with van der Waals surface area (Å²) in [6.07, 6.45) is 5.03. The lowest BCUT2D eigenvalue weighted by atomic mass is 9.85. The van der Waals surface area contributed by atoms with Crippen molar-refractivity contribution in [1.82, 2.24) is 4.31 Å². The summed E-state index contributed by atoms with van der Waals surface area (Å²) in [5, 5.41) is 8.91. The molecule has 2 rings (SSSR count). The van der Waals surface area contributed by atoms with Crippen LogP contribution in [0.15, 0.2) is 16.3 Å². The standard InChI is InChI=1S/C14H21NO4S2/c1-3-10-4-6-11(7-5-10)15(2)21(18,19)13-9-8-12(20-13)14(16)17/h8-11H,3-7H2,1-2H3,(H,16,17). The third kappa shape index (κ3) is 3.46. The van der Waals surface area contributed by atoms with Gasteiger partial charge in [0.05, 0.1) is 0 Å². The summed E-state index contributed by atoms with van der Waals surface area (Å²) in [5.41, 5.74) is 0. The highest BCUT2D eigenvalue weighted by atomic mass is 32.2. The summed E-state index contributed by atoms with van der Waals surface area (Å²) in [6, 6.07) is 2.76. The Bertz CT molecular complexity index is 600. The van der Waals surface area contributed by atoms with E-state index in [0.29, 0.717) is 5.92 Å². The van der Waals surface area contributed by atoms with Gasteiger partial charge < -0.3 is 5.11 Å². The number of carboxylic acid groups (broad SMARTS) is 1. The normalized spacial score (nSPS) is 23.4. The lowest BCUT2D eigenvalue weighted by Crippen LogP contribution is -2.39. The van der Waals surface area contributed by atoms with Crippen molar-refractivity contribution in [1.29, 1.82) is 0 Å². The van der Waals surface area contributed by atoms with Crippen LogP contribution in [-0.2, 0) is 10.0 Å². The van der Waals surface area contributed by atoms with Crippen LogP contribution in [0, 0.1) is 5.92 Å². The van der Waals surface area contributed by atoms with Crippen LogP contribution in [0.5, 0.6) is 0 Å². The quantitative estimate of drug-likeness (QED) is 0.900. The minimum Gasteiger partial charge on any atom is -0.477 e. The topological polar surface area (TPSA) is 74.7 Å². The highest BCUT2D eigenvalue weighted by Crippen LogP contribution is 2.32. The molecule has 1 aliphatic carbocycles. The zero-order valence-corrected chi connectivity index (χ0v) is 13.9. The molecule has 118 valence electrons. The van der Waals surface area contributed by atoms with Crippen molar-refractivity contribution in [2.24, 2.45) is 5.92 Å². The molecule has 1 aromatic heterocycles. The van der Waals surface area contributed by atoms with E-state index in [1.807, 2.05) is 0 Å². The Hall–Kier alpha value is -0.920. The van der Waals surface area contributed by atoms with Crippen LogP contribution >= 0.6 is 11.3 Å². The van der Waals surface area contributed by atoms with Gasteiger partial charge in [-0.15, -0.1) is 11.3 Å². The van der Waals surface area contributed by atoms with Crippen molar-refractivity contribution in [3.63, 3.8) is 0 Å². The van der Waals surface area contributed by atoms with Crippen molar-refractivity contribution < 1.29 is 18.3 Å². The molecule has 1 heterocycles. The maximum Gasteiger partial charge on any atom is 0.345 e. The van der Waals surface area contributed by atoms with E-state index in [9.17, 15) is 13.2 Å². The van der Waals surface area contributed by atoms with Crippen LogP contribution in [0.1, 0.15) is 48.7 Å². The molecular weight excluding hydrogens is 310 g/mol. The fourth-order valence-electron chi connectivity index (χ4n) is 2.83. The van der Waals surface area contributed by atoms with Gasteiger partial charge in [-0.3, -0.25) is 0 Å². The smallest absolute Gasteiger partial charge is 0.345 e. The van der Waals surface area contributed by atoms with Crippen molar-refractivity contribution in [3.8, 4) is 0 Å². The average Bonchev–Trinajstić information content (AvgIpc) is 2.97. The second kappa shape index (κ2) is 6.46. The monoisotopic (exact) mass is 331 g/mol. The van der Waals surface area contributed by atoms with Crippen LogP contribution in [0.4, 0.5) is 0 Å². The molecule has 1 aromatic rings. The molecule has 1 fully saturated rings. The van der Waals surface area contributed by atoms with Gasteiger partial charge in [-0.2, -0.15) is 4.31 Å². The molecule has 0 bridgehead atoms. The van der Waals surface area contributed by atoms with Crippen LogP contribution in [0.25, 0.3) is 0 Å². The molecule has 0 aliphatic heterocycles. The molecule has 1 aliphatic rings. The van der Waals surface area contributed by atoms with Gasteiger partial charge >= 0.3 is 5.97 Å². The highest BCUT2D eigenvalue weighted by Gasteiger charge is 2.32. The van der Waals surface area contributed by atoms with E-state index in [1.165, 1.54) is 16.4 Å². The maximum absolute atomic E-state index is 12.6. The molecule has 0 aromatic carbocycles. The summed E-state index contributed by atoms with van der Waals surface area (Å²) < 4.78 is 26.7. The van der Waals surface area contributed by atoms with Gasteiger partial charge in [0.25, 0.3) is 10.0 Å². The molecule has 1 saturated carbocycles. The molecule has 0 unspecified atom stereocenters. The van der Waals surface area contributed by atoms with Crippen molar-refractivity contribution >= 4 is 27.3 Å². The molecule has 5 nitrogen and oxygen atoms in total. The number of carboxylic acids is 1. The predicted molar refractivity (Wildman–Crippen MR) is 82.3 cm³/mol. The fourth-order valence-corrected chi connectivity index (χ4v) is 5.58. The maximum atomic E-state index is 12.6. The Morgan fingerprint density at radius 3 is 2.43 bits per heavy atom. The van der Waals surface area contributed by atoms with Gasteiger partial charge in [0.15, 0.2) is 0 Å². The number of rotatable bonds is 5. The minimum atomic E-state index is -3.59. The number of hydrogen-bond donors (Lipinski definition) is 1. The van der Waals surface area contributed by atoms with Gasteiger partial charge in [-0.05, 0) is 43.7 Å². The largest absolute Gasteiger partial charge is 0.477 e. The second-order valence-corrected chi connectivity index (χ2v) is 8.84. The third-order valence-electron chi connectivity index (χ3n) is 4.33. The van der Waals surface area contributed by atoms with Crippen molar-refractivity contribution in [3.05, 3.63) is 17.0 Å². The SMILES string of the molecule is CCC1CCC(N(C)S(=O)(=O)c2ccc(C(=O)O)s2)CC1. The number of sulfonamides is 1. The van der Waals surface area contributed by atoms with Crippen LogP contribution < -0.4 is 0 Å². The first kappa shape index (κ1) is 16.5. The minimum absolute atomic E-state index is 0.0215. The van der Waals surface area contributed by atoms with Gasteiger partial charge in [-0.1, -0.05) is 13.3 Å². The molecule has 7 heteroatoms. The van der Waals surface area contributed by atoms with E-state index < -0.39 is 16.0 Å². The first-order chi connectivity index (χ1) is 9.86. The molecule has 21 heavy (non-hydrogen) atoms. The third-order valence-corrected chi connectivity index (χ3v) is 7.78. The van der Waals surface area contributed by atoms with Gasteiger partial charge in [0.1, 0.15) is 9.09 Å². The second-order valence-electron chi connectivity index (χ2n) is 5.53. The van der Waals surface area contributed by atoms with E-state index in [4.69, 9.17) is 5.11 Å². The zero-order chi connectivity index (χ0) is 15.6. The fraction of sp³-hybridized carbons (Fsp3) is 0.643. The number of carbonyl (C=O) groups is 1. The molecule has 0 spiro atoms. The molecule has 0 amide bonds. The Morgan fingerprint density at radius 1 is 1.33 bits per heavy atom. The Labute approximate surface area is 129 Å². The molecule has 0 radical (unpaired) electrons. The van der Waals surface area contributed by atoms with E-state index in [0.717, 1.165) is 43.4 Å². The number of thiophene rings is 1. The summed E-state index contributed by atoms with van der Waals surface area (Å²) in [5.74, 6) is -0.384. The Balaban J connectivity index is 2.13. The Kier molecular flexibility index (Phi) is 5.06. The molecular formula is C14H21NO4S2. The van der Waals surface area contributed by atoms with E-state index >= 15 is 0 Å². The van der Waals surface area contributed by atoms with E-state index in [1.54, 1.807) is 7.05 Å². The summed E-state index contributed by atoms with van der Waals surface area (Å²) >= 11 is 0.816. The number of nitrogens with zero attached hydrogens (tertiary/aromatic N) is 1. The van der Waals surface area contributed by atoms with Gasteiger partial charge in [0.2, 0.25) is 0 Å². The molecule has 1 N–H and O–H groups in total. The van der Waals surface area contributed by atoms with Gasteiger partial charge in [0, 0.05) is 13.1 Å². The number of hydrogen-bond acceptors (Lipinski definition) is 4. The lowest BCUT2D eigenvalue weighted by Gasteiger charge is -2.33. The average molecular weight is 331 g/mol. The lowest BCUT2D eigenvalue weighted by molar-refractivity contribution is 0.0702. The predicted octanol–water partition coefficient (Wildman–Crippen LogP) is 3.04. The van der Waals surface area contributed by atoms with Crippen LogP contribution in [0.3, 0.4) is 0 Å². The van der Waals surface area contributed by atoms with E-state index in [-0.39, 0.29) is 15.1 Å². The Morgan fingerprint density at radius 2 is 1.95 bits per heavy atom. The summed E-state index contributed by atoms with van der Waals surface area (Å²) in [6.45, 7) is 2.17.